The fourth-order valence-corrected chi connectivity index (χ4v) is 3.33. The number of hydrogen-bond acceptors (Lipinski definition) is 3. The molecule has 0 atom stereocenters. The summed E-state index contributed by atoms with van der Waals surface area (Å²) in [6, 6.07) is 8.14. The Morgan fingerprint density at radius 1 is 0.710 bits per heavy atom. The molecule has 0 bridgehead atoms. The van der Waals surface area contributed by atoms with Gasteiger partial charge in [-0.1, -0.05) is 83.9 Å². The van der Waals surface area contributed by atoms with E-state index in [1.165, 1.54) is 0 Å². The minimum Gasteiger partial charge on any atom is -0.507 e. The molecule has 3 nitrogen and oxygen atoms in total. The summed E-state index contributed by atoms with van der Waals surface area (Å²) in [6.07, 6.45) is 1.40. The van der Waals surface area contributed by atoms with Crippen LogP contribution in [0.3, 0.4) is 0 Å². The Kier molecular flexibility index (Phi) is 13.0. The van der Waals surface area contributed by atoms with Gasteiger partial charge in [-0.05, 0) is 53.4 Å². The molecule has 0 saturated heterocycles. The van der Waals surface area contributed by atoms with Gasteiger partial charge in [-0.15, -0.1) is 0 Å². The predicted molar refractivity (Wildman–Crippen MR) is 130 cm³/mol. The zero-order chi connectivity index (χ0) is 22.6. The van der Waals surface area contributed by atoms with Crippen molar-refractivity contribution in [2.75, 3.05) is 6.61 Å². The Labute approximate surface area is 205 Å². The topological polar surface area (TPSA) is 60.7 Å². The van der Waals surface area contributed by atoms with E-state index in [1.54, 1.807) is 0 Å². The summed E-state index contributed by atoms with van der Waals surface area (Å²) in [4.78, 5) is 0. The van der Waals surface area contributed by atoms with Gasteiger partial charge >= 0.3 is 0 Å². The van der Waals surface area contributed by atoms with Crippen LogP contribution in [0.5, 0.6) is 11.5 Å². The van der Waals surface area contributed by atoms with Crippen LogP contribution in [-0.2, 0) is 39.0 Å². The average Bonchev–Trinajstić information content (AvgIpc) is 2.58. The van der Waals surface area contributed by atoms with Crippen LogP contribution in [0.1, 0.15) is 88.3 Å². The number of aliphatic hydroxyl groups excluding tert-OH is 1. The third-order valence-electron chi connectivity index (χ3n) is 4.89. The average molecular weight is 464 g/mol. The second-order valence-electron chi connectivity index (χ2n) is 10.0. The molecular formula is C27H43O3Ti-. The number of aryl methyl sites for hydroxylation is 2. The van der Waals surface area contributed by atoms with E-state index in [4.69, 9.17) is 5.11 Å². The predicted octanol–water partition coefficient (Wildman–Crippen LogP) is 6.74. The van der Waals surface area contributed by atoms with Crippen molar-refractivity contribution in [3.8, 4) is 11.5 Å². The summed E-state index contributed by atoms with van der Waals surface area (Å²) in [5, 5.41) is 29.5. The summed E-state index contributed by atoms with van der Waals surface area (Å²) in [5.41, 5.74) is 5.63. The van der Waals surface area contributed by atoms with Crippen LogP contribution in [0.4, 0.5) is 0 Å². The minimum absolute atomic E-state index is 0. The SMILES string of the molecule is CCCO.Cc1cc(Cc2cc(C)cc(C(C)(C)C)c2O)c(O)c(C(C)(C)C)c1.[CH3-].[Ti]. The second-order valence-corrected chi connectivity index (χ2v) is 10.0. The summed E-state index contributed by atoms with van der Waals surface area (Å²) in [6.45, 7) is 19.0. The number of rotatable bonds is 3. The van der Waals surface area contributed by atoms with Crippen LogP contribution in [0, 0.1) is 21.3 Å². The second kappa shape index (κ2) is 12.7. The van der Waals surface area contributed by atoms with Crippen LogP contribution >= 0.6 is 0 Å². The molecule has 3 N–H and O–H groups in total. The van der Waals surface area contributed by atoms with Crippen molar-refractivity contribution >= 4 is 0 Å². The zero-order valence-electron chi connectivity index (χ0n) is 21.3. The van der Waals surface area contributed by atoms with E-state index in [-0.39, 0.29) is 40.0 Å². The Morgan fingerprint density at radius 3 is 1.23 bits per heavy atom. The maximum absolute atomic E-state index is 10.8. The molecule has 0 spiro atoms. The normalized spacial score (nSPS) is 11.0. The summed E-state index contributed by atoms with van der Waals surface area (Å²) < 4.78 is 0. The van der Waals surface area contributed by atoms with Crippen LogP contribution < -0.4 is 0 Å². The van der Waals surface area contributed by atoms with Gasteiger partial charge in [-0.3, -0.25) is 0 Å². The van der Waals surface area contributed by atoms with Gasteiger partial charge in [-0.2, -0.15) is 0 Å². The largest absolute Gasteiger partial charge is 0.507 e. The van der Waals surface area contributed by atoms with Gasteiger partial charge in [0.25, 0.3) is 0 Å². The molecule has 2 aromatic rings. The van der Waals surface area contributed by atoms with Crippen LogP contribution in [0.25, 0.3) is 0 Å². The molecule has 2 aromatic carbocycles. The molecule has 0 unspecified atom stereocenters. The van der Waals surface area contributed by atoms with Gasteiger partial charge in [0.2, 0.25) is 0 Å². The van der Waals surface area contributed by atoms with E-state index in [1.807, 2.05) is 19.1 Å². The maximum Gasteiger partial charge on any atom is 0.122 e. The third-order valence-corrected chi connectivity index (χ3v) is 4.89. The van der Waals surface area contributed by atoms with Gasteiger partial charge < -0.3 is 22.7 Å². The molecule has 31 heavy (non-hydrogen) atoms. The fraction of sp³-hybridized carbons (Fsp3) is 0.519. The monoisotopic (exact) mass is 463 g/mol. The Bertz CT molecular complexity index is 758. The van der Waals surface area contributed by atoms with E-state index >= 15 is 0 Å². The number of phenols is 2. The third kappa shape index (κ3) is 9.00. The number of hydrogen-bond donors (Lipinski definition) is 3. The van der Waals surface area contributed by atoms with Crippen molar-refractivity contribution in [3.05, 3.63) is 65.1 Å². The smallest absolute Gasteiger partial charge is 0.122 e. The number of aromatic hydroxyl groups is 2. The van der Waals surface area contributed by atoms with E-state index in [9.17, 15) is 10.2 Å². The van der Waals surface area contributed by atoms with Gasteiger partial charge in [0.05, 0.1) is 0 Å². The van der Waals surface area contributed by atoms with Crippen molar-refractivity contribution in [1.29, 1.82) is 0 Å². The van der Waals surface area contributed by atoms with Crippen molar-refractivity contribution < 1.29 is 37.0 Å². The van der Waals surface area contributed by atoms with Crippen molar-refractivity contribution in [3.63, 3.8) is 0 Å². The molecule has 0 amide bonds. The van der Waals surface area contributed by atoms with E-state index in [2.05, 4.69) is 67.5 Å². The van der Waals surface area contributed by atoms with Gasteiger partial charge in [0.1, 0.15) is 11.5 Å². The number of phenolic OH excluding ortho intramolecular Hbond substituents is 2. The molecule has 174 valence electrons. The molecule has 0 fully saturated rings. The van der Waals surface area contributed by atoms with Crippen molar-refractivity contribution in [2.45, 2.75) is 86.0 Å². The molecule has 0 radical (unpaired) electrons. The Morgan fingerprint density at radius 2 is 1.00 bits per heavy atom. The molecule has 0 aliphatic carbocycles. The van der Waals surface area contributed by atoms with Crippen LogP contribution in [-0.4, -0.2) is 21.9 Å². The first-order chi connectivity index (χ1) is 13.2. The van der Waals surface area contributed by atoms with Gasteiger partial charge in [-0.25, -0.2) is 0 Å². The van der Waals surface area contributed by atoms with E-state index in [0.717, 1.165) is 39.8 Å². The Hall–Kier alpha value is -1.29. The number of aliphatic hydroxyl groups is 1. The first-order valence-electron chi connectivity index (χ1n) is 10.5. The number of benzene rings is 2. The van der Waals surface area contributed by atoms with Crippen molar-refractivity contribution in [2.24, 2.45) is 0 Å². The molecule has 0 saturated carbocycles. The van der Waals surface area contributed by atoms with Gasteiger partial charge in [0, 0.05) is 34.7 Å². The molecule has 4 heteroatoms. The van der Waals surface area contributed by atoms with Crippen LogP contribution in [0.2, 0.25) is 0 Å². The molecule has 0 aromatic heterocycles. The molecule has 2 rings (SSSR count). The zero-order valence-corrected chi connectivity index (χ0v) is 22.8. The minimum atomic E-state index is -0.129. The van der Waals surface area contributed by atoms with E-state index < -0.39 is 0 Å². The summed E-state index contributed by atoms with van der Waals surface area (Å²) in [7, 11) is 0. The maximum atomic E-state index is 10.8. The summed E-state index contributed by atoms with van der Waals surface area (Å²) >= 11 is 0. The van der Waals surface area contributed by atoms with E-state index in [0.29, 0.717) is 24.5 Å². The quantitative estimate of drug-likeness (QED) is 0.349. The van der Waals surface area contributed by atoms with Gasteiger partial charge in [0.15, 0.2) is 0 Å². The fourth-order valence-electron chi connectivity index (χ4n) is 3.33. The first kappa shape index (κ1) is 31.9. The van der Waals surface area contributed by atoms with Crippen LogP contribution in [0.15, 0.2) is 24.3 Å². The molecular weight excluding hydrogens is 420 g/mol. The molecule has 0 aliphatic heterocycles. The van der Waals surface area contributed by atoms with Crippen molar-refractivity contribution in [1.82, 2.24) is 0 Å². The summed E-state index contributed by atoms with van der Waals surface area (Å²) in [5.74, 6) is 0.688. The Balaban J connectivity index is 0. The standard InChI is InChI=1S/C23H32O2.C3H8O.CH3.Ti/c1-14-9-16(20(24)18(11-14)22(3,4)5)13-17-10-15(2)12-19(21(17)25)23(6,7)8;1-2-3-4;;/h9-12,24-25H,13H2,1-8H3;4H,2-3H2,1H3;1H3;/q;;-1;. The first-order valence-corrected chi connectivity index (χ1v) is 10.5. The molecule has 0 aliphatic rings. The molecule has 0 heterocycles.